The second-order valence-corrected chi connectivity index (χ2v) is 5.25. The summed E-state index contributed by atoms with van der Waals surface area (Å²) >= 11 is 5.99. The van der Waals surface area contributed by atoms with Crippen LogP contribution >= 0.6 is 11.6 Å². The van der Waals surface area contributed by atoms with Gasteiger partial charge in [0, 0.05) is 18.6 Å². The molecule has 4 nitrogen and oxygen atoms in total. The van der Waals surface area contributed by atoms with E-state index in [-0.39, 0.29) is 24.1 Å². The fourth-order valence-electron chi connectivity index (χ4n) is 2.80. The molecule has 1 aromatic carbocycles. The van der Waals surface area contributed by atoms with Gasteiger partial charge in [0.05, 0.1) is 22.7 Å². The van der Waals surface area contributed by atoms with E-state index >= 15 is 0 Å². The van der Waals surface area contributed by atoms with Crippen molar-refractivity contribution in [2.75, 3.05) is 6.61 Å². The fraction of sp³-hybridized carbons (Fsp3) is 0.462. The second kappa shape index (κ2) is 4.53. The third-order valence-electron chi connectivity index (χ3n) is 3.86. The zero-order valence-electron chi connectivity index (χ0n) is 9.80. The van der Waals surface area contributed by atoms with Crippen molar-refractivity contribution in [1.82, 2.24) is 5.32 Å². The van der Waals surface area contributed by atoms with Gasteiger partial charge >= 0.3 is 0 Å². The van der Waals surface area contributed by atoms with Gasteiger partial charge in [0.1, 0.15) is 0 Å². The van der Waals surface area contributed by atoms with E-state index in [4.69, 9.17) is 22.1 Å². The fourth-order valence-corrected chi connectivity index (χ4v) is 3.02. The highest BCUT2D eigenvalue weighted by Gasteiger charge is 2.52. The lowest BCUT2D eigenvalue weighted by atomic mass is 9.72. The number of nitrogens with two attached hydrogens (primary N) is 1. The molecule has 0 bridgehead atoms. The van der Waals surface area contributed by atoms with Gasteiger partial charge in [0.2, 0.25) is 0 Å². The molecule has 0 aromatic heterocycles. The Morgan fingerprint density at radius 3 is 3.00 bits per heavy atom. The lowest BCUT2D eigenvalue weighted by Crippen LogP contribution is -2.68. The van der Waals surface area contributed by atoms with E-state index in [0.29, 0.717) is 16.5 Å². The summed E-state index contributed by atoms with van der Waals surface area (Å²) in [4.78, 5) is 12.1. The van der Waals surface area contributed by atoms with Crippen LogP contribution in [0.2, 0.25) is 5.02 Å². The predicted molar refractivity (Wildman–Crippen MR) is 68.5 cm³/mol. The van der Waals surface area contributed by atoms with Crippen molar-refractivity contribution in [3.63, 3.8) is 0 Å². The smallest absolute Gasteiger partial charge is 0.253 e. The second-order valence-electron chi connectivity index (χ2n) is 4.84. The number of carbonyl (C=O) groups excluding carboxylic acids is 1. The molecule has 1 heterocycles. The van der Waals surface area contributed by atoms with Crippen molar-refractivity contribution in [3.05, 3.63) is 34.9 Å². The normalized spacial score (nSPS) is 33.7. The maximum absolute atomic E-state index is 12.1. The molecule has 1 amide bonds. The SMILES string of the molecule is NC1C2CCOC2C1NC(=O)c1ccccc1Cl. The van der Waals surface area contributed by atoms with Crippen LogP contribution in [0, 0.1) is 5.92 Å². The Hall–Kier alpha value is -1.10. The highest BCUT2D eigenvalue weighted by molar-refractivity contribution is 6.33. The standard InChI is InChI=1S/C13H15ClN2O2/c14-9-4-2-1-3-7(9)13(17)16-11-10(15)8-5-6-18-12(8)11/h1-4,8,10-12H,5-6,15H2,(H,16,17). The summed E-state index contributed by atoms with van der Waals surface area (Å²) in [5.74, 6) is 0.205. The number of hydrogen-bond acceptors (Lipinski definition) is 3. The van der Waals surface area contributed by atoms with E-state index in [1.54, 1.807) is 24.3 Å². The first-order chi connectivity index (χ1) is 8.68. The number of hydrogen-bond donors (Lipinski definition) is 2. The van der Waals surface area contributed by atoms with Gasteiger partial charge in [-0.3, -0.25) is 4.79 Å². The molecule has 0 spiro atoms. The molecule has 4 unspecified atom stereocenters. The molecule has 4 atom stereocenters. The summed E-state index contributed by atoms with van der Waals surface area (Å²) in [7, 11) is 0. The van der Waals surface area contributed by atoms with Crippen molar-refractivity contribution < 1.29 is 9.53 Å². The molecule has 96 valence electrons. The van der Waals surface area contributed by atoms with Crippen LogP contribution in [-0.2, 0) is 4.74 Å². The highest BCUT2D eigenvalue weighted by Crippen LogP contribution is 2.37. The number of ether oxygens (including phenoxy) is 1. The maximum Gasteiger partial charge on any atom is 0.253 e. The van der Waals surface area contributed by atoms with Gasteiger partial charge in [-0.2, -0.15) is 0 Å². The zero-order valence-corrected chi connectivity index (χ0v) is 10.6. The Morgan fingerprint density at radius 1 is 1.44 bits per heavy atom. The molecule has 18 heavy (non-hydrogen) atoms. The summed E-state index contributed by atoms with van der Waals surface area (Å²) in [5.41, 5.74) is 6.52. The molecule has 3 N–H and O–H groups in total. The molecule has 2 fully saturated rings. The summed E-state index contributed by atoms with van der Waals surface area (Å²) in [6, 6.07) is 6.88. The molecule has 3 rings (SSSR count). The minimum absolute atomic E-state index is 0.0102. The Bertz CT molecular complexity index is 480. The molecule has 1 aliphatic carbocycles. The molecule has 0 radical (unpaired) electrons. The average molecular weight is 267 g/mol. The van der Waals surface area contributed by atoms with Crippen LogP contribution in [0.5, 0.6) is 0 Å². The van der Waals surface area contributed by atoms with Crippen LogP contribution in [0.25, 0.3) is 0 Å². The minimum Gasteiger partial charge on any atom is -0.376 e. The summed E-state index contributed by atoms with van der Waals surface area (Å²) in [6.07, 6.45) is 1.07. The van der Waals surface area contributed by atoms with Gasteiger partial charge in [0.25, 0.3) is 5.91 Å². The minimum atomic E-state index is -0.185. The highest BCUT2D eigenvalue weighted by atomic mass is 35.5. The van der Waals surface area contributed by atoms with Crippen molar-refractivity contribution >= 4 is 17.5 Å². The van der Waals surface area contributed by atoms with Crippen LogP contribution in [-0.4, -0.2) is 30.7 Å². The van der Waals surface area contributed by atoms with Crippen LogP contribution < -0.4 is 11.1 Å². The summed E-state index contributed by atoms with van der Waals surface area (Å²) in [5, 5.41) is 3.37. The molecule has 5 heteroatoms. The first-order valence-corrected chi connectivity index (χ1v) is 6.49. The maximum atomic E-state index is 12.1. The summed E-state index contributed by atoms with van der Waals surface area (Å²) < 4.78 is 5.57. The van der Waals surface area contributed by atoms with Crippen molar-refractivity contribution in [3.8, 4) is 0 Å². The first-order valence-electron chi connectivity index (χ1n) is 6.11. The molecule has 2 aliphatic rings. The van der Waals surface area contributed by atoms with Crippen LogP contribution in [0.3, 0.4) is 0 Å². The first kappa shape index (κ1) is 12.0. The van der Waals surface area contributed by atoms with Gasteiger partial charge in [-0.1, -0.05) is 23.7 Å². The number of nitrogens with one attached hydrogen (secondary N) is 1. The third-order valence-corrected chi connectivity index (χ3v) is 4.19. The zero-order chi connectivity index (χ0) is 12.7. The lowest BCUT2D eigenvalue weighted by molar-refractivity contribution is -0.0161. The van der Waals surface area contributed by atoms with Crippen LogP contribution in [0.15, 0.2) is 24.3 Å². The molecule has 1 saturated heterocycles. The lowest BCUT2D eigenvalue weighted by Gasteiger charge is -2.45. The number of carbonyl (C=O) groups is 1. The van der Waals surface area contributed by atoms with Gasteiger partial charge in [-0.15, -0.1) is 0 Å². The third kappa shape index (κ3) is 1.81. The number of benzene rings is 1. The largest absolute Gasteiger partial charge is 0.376 e. The topological polar surface area (TPSA) is 64.3 Å². The number of rotatable bonds is 2. The number of amides is 1. The molecule has 1 aromatic rings. The number of halogens is 1. The van der Waals surface area contributed by atoms with Crippen molar-refractivity contribution in [2.45, 2.75) is 24.6 Å². The quantitative estimate of drug-likeness (QED) is 0.845. The van der Waals surface area contributed by atoms with Gasteiger partial charge in [-0.05, 0) is 18.6 Å². The molecule has 1 aliphatic heterocycles. The average Bonchev–Trinajstić information content (AvgIpc) is 2.81. The van der Waals surface area contributed by atoms with Crippen molar-refractivity contribution in [2.24, 2.45) is 11.7 Å². The van der Waals surface area contributed by atoms with E-state index < -0.39 is 0 Å². The van der Waals surface area contributed by atoms with Crippen LogP contribution in [0.4, 0.5) is 0 Å². The van der Waals surface area contributed by atoms with E-state index in [0.717, 1.165) is 13.0 Å². The van der Waals surface area contributed by atoms with E-state index in [1.807, 2.05) is 0 Å². The predicted octanol–water partition coefficient (Wildman–Crippen LogP) is 1.18. The van der Waals surface area contributed by atoms with Gasteiger partial charge in [-0.25, -0.2) is 0 Å². The molecular weight excluding hydrogens is 252 g/mol. The Balaban J connectivity index is 1.70. The Kier molecular flexibility index (Phi) is 3.01. The Labute approximate surface area is 110 Å². The monoisotopic (exact) mass is 266 g/mol. The number of fused-ring (bicyclic) bond motifs is 1. The van der Waals surface area contributed by atoms with Gasteiger partial charge < -0.3 is 15.8 Å². The Morgan fingerprint density at radius 2 is 2.22 bits per heavy atom. The summed E-state index contributed by atoms with van der Waals surface area (Å²) in [6.45, 7) is 0.738. The van der Waals surface area contributed by atoms with Crippen LogP contribution in [0.1, 0.15) is 16.8 Å². The molecule has 1 saturated carbocycles. The van der Waals surface area contributed by atoms with Gasteiger partial charge in [0.15, 0.2) is 0 Å². The van der Waals surface area contributed by atoms with Crippen molar-refractivity contribution in [1.29, 1.82) is 0 Å². The van der Waals surface area contributed by atoms with E-state index in [9.17, 15) is 4.79 Å². The van der Waals surface area contributed by atoms with E-state index in [1.165, 1.54) is 0 Å². The van der Waals surface area contributed by atoms with E-state index in [2.05, 4.69) is 5.32 Å². The molecular formula is C13H15ClN2O2.